The third kappa shape index (κ3) is 3.93. The van der Waals surface area contributed by atoms with Gasteiger partial charge >= 0.3 is 5.97 Å². The van der Waals surface area contributed by atoms with Gasteiger partial charge in [0.15, 0.2) is 0 Å². The van der Waals surface area contributed by atoms with Crippen LogP contribution in [0.2, 0.25) is 10.0 Å². The van der Waals surface area contributed by atoms with Crippen molar-refractivity contribution in [3.63, 3.8) is 0 Å². The van der Waals surface area contributed by atoms with E-state index in [4.69, 9.17) is 27.9 Å². The number of amides is 1. The van der Waals surface area contributed by atoms with Crippen LogP contribution in [0.15, 0.2) is 30.6 Å². The second kappa shape index (κ2) is 7.60. The van der Waals surface area contributed by atoms with Gasteiger partial charge in [-0.05, 0) is 32.0 Å². The van der Waals surface area contributed by atoms with Gasteiger partial charge in [-0.1, -0.05) is 37.0 Å². The molecule has 1 aromatic heterocycles. The molecule has 3 rings (SSSR count). The molecule has 1 aromatic carbocycles. The minimum atomic E-state index is -0.523. The minimum absolute atomic E-state index is 0.250. The second-order valence-electron chi connectivity index (χ2n) is 7.60. The third-order valence-electron chi connectivity index (χ3n) is 4.48. The molecule has 1 N–H and O–H groups in total. The van der Waals surface area contributed by atoms with Crippen molar-refractivity contribution in [2.45, 2.75) is 39.2 Å². The lowest BCUT2D eigenvalue weighted by Crippen LogP contribution is -2.36. The molecule has 0 unspecified atom stereocenters. The predicted molar refractivity (Wildman–Crippen MR) is 108 cm³/mol. The van der Waals surface area contributed by atoms with E-state index in [0.717, 1.165) is 5.56 Å². The highest BCUT2D eigenvalue weighted by Gasteiger charge is 2.36. The van der Waals surface area contributed by atoms with Gasteiger partial charge in [-0.2, -0.15) is 5.10 Å². The quantitative estimate of drug-likeness (QED) is 0.742. The zero-order valence-electron chi connectivity index (χ0n) is 16.0. The van der Waals surface area contributed by atoms with E-state index in [2.05, 4.69) is 10.2 Å². The molecule has 1 aliphatic heterocycles. The molecule has 6 nitrogen and oxygen atoms in total. The van der Waals surface area contributed by atoms with Gasteiger partial charge in [0.05, 0.1) is 28.0 Å². The molecular weight excluding hydrogens is 401 g/mol. The highest BCUT2D eigenvalue weighted by molar-refractivity contribution is 6.42. The fourth-order valence-corrected chi connectivity index (χ4v) is 3.44. The second-order valence-corrected chi connectivity index (χ2v) is 8.42. The standard InChI is InChI=1S/C20H21Cl2N3O3/c1-11(2)28-19(27)13-9-25(10-20(3,4)14-8-23-24-17(13)14)18(26)12-5-6-15(21)16(22)7-12/h5-9,11H,10H2,1-4H3,(H,23,24). The first-order valence-corrected chi connectivity index (χ1v) is 9.59. The number of ether oxygens (including phenoxy) is 1. The summed E-state index contributed by atoms with van der Waals surface area (Å²) in [5, 5.41) is 7.63. The summed E-state index contributed by atoms with van der Waals surface area (Å²) in [7, 11) is 0. The first kappa shape index (κ1) is 20.4. The Labute approximate surface area is 173 Å². The van der Waals surface area contributed by atoms with E-state index in [0.29, 0.717) is 27.8 Å². The number of esters is 1. The molecular formula is C20H21Cl2N3O3. The zero-order chi connectivity index (χ0) is 20.6. The molecule has 2 aromatic rings. The maximum Gasteiger partial charge on any atom is 0.342 e. The van der Waals surface area contributed by atoms with Crippen molar-refractivity contribution in [1.82, 2.24) is 15.1 Å². The van der Waals surface area contributed by atoms with Crippen LogP contribution in [0, 0.1) is 0 Å². The molecule has 0 fully saturated rings. The molecule has 0 atom stereocenters. The summed E-state index contributed by atoms with van der Waals surface area (Å²) in [5.74, 6) is -0.815. The van der Waals surface area contributed by atoms with Crippen LogP contribution in [-0.2, 0) is 14.9 Å². The van der Waals surface area contributed by atoms with Crippen LogP contribution in [0.25, 0.3) is 5.57 Å². The molecule has 0 aliphatic carbocycles. The Morgan fingerprint density at radius 1 is 1.25 bits per heavy atom. The summed E-state index contributed by atoms with van der Waals surface area (Å²) >= 11 is 12.0. The molecule has 0 saturated carbocycles. The van der Waals surface area contributed by atoms with Crippen molar-refractivity contribution in [2.75, 3.05) is 6.54 Å². The van der Waals surface area contributed by atoms with E-state index in [9.17, 15) is 9.59 Å². The van der Waals surface area contributed by atoms with E-state index >= 15 is 0 Å². The molecule has 2 heterocycles. The monoisotopic (exact) mass is 421 g/mol. The van der Waals surface area contributed by atoms with Crippen LogP contribution >= 0.6 is 23.2 Å². The predicted octanol–water partition coefficient (Wildman–Crippen LogP) is 4.44. The highest BCUT2D eigenvalue weighted by atomic mass is 35.5. The van der Waals surface area contributed by atoms with E-state index in [1.54, 1.807) is 32.2 Å². The van der Waals surface area contributed by atoms with E-state index < -0.39 is 11.4 Å². The SMILES string of the molecule is CC(C)OC(=O)C1=CN(C(=O)c2ccc(Cl)c(Cl)c2)CC(C)(C)c2cn[nH]c21. The van der Waals surface area contributed by atoms with Crippen LogP contribution in [0.1, 0.15) is 49.3 Å². The van der Waals surface area contributed by atoms with Gasteiger partial charge in [0.1, 0.15) is 5.57 Å². The van der Waals surface area contributed by atoms with Crippen molar-refractivity contribution >= 4 is 40.7 Å². The number of aromatic nitrogens is 2. The van der Waals surface area contributed by atoms with E-state index in [1.165, 1.54) is 17.2 Å². The van der Waals surface area contributed by atoms with Gasteiger partial charge in [0, 0.05) is 29.3 Å². The number of fused-ring (bicyclic) bond motifs is 1. The number of rotatable bonds is 3. The van der Waals surface area contributed by atoms with Gasteiger partial charge in [-0.15, -0.1) is 0 Å². The molecule has 8 heteroatoms. The topological polar surface area (TPSA) is 75.3 Å². The van der Waals surface area contributed by atoms with Gasteiger partial charge in [0.2, 0.25) is 0 Å². The van der Waals surface area contributed by atoms with Crippen LogP contribution in [0.3, 0.4) is 0 Å². The number of H-pyrrole nitrogens is 1. The maximum absolute atomic E-state index is 13.2. The lowest BCUT2D eigenvalue weighted by atomic mass is 9.84. The summed E-state index contributed by atoms with van der Waals surface area (Å²) in [4.78, 5) is 27.4. The largest absolute Gasteiger partial charge is 0.459 e. The Kier molecular flexibility index (Phi) is 5.55. The molecule has 1 amide bonds. The van der Waals surface area contributed by atoms with E-state index in [-0.39, 0.29) is 17.6 Å². The highest BCUT2D eigenvalue weighted by Crippen LogP contribution is 2.35. The third-order valence-corrected chi connectivity index (χ3v) is 5.22. The number of hydrogen-bond donors (Lipinski definition) is 1. The molecule has 0 radical (unpaired) electrons. The summed E-state index contributed by atoms with van der Waals surface area (Å²) in [6, 6.07) is 4.70. The first-order chi connectivity index (χ1) is 13.1. The number of aromatic amines is 1. The van der Waals surface area contributed by atoms with Crippen molar-refractivity contribution in [1.29, 1.82) is 0 Å². The van der Waals surface area contributed by atoms with Crippen molar-refractivity contribution in [2.24, 2.45) is 0 Å². The number of benzene rings is 1. The Morgan fingerprint density at radius 2 is 1.96 bits per heavy atom. The first-order valence-electron chi connectivity index (χ1n) is 8.83. The summed E-state index contributed by atoms with van der Waals surface area (Å²) < 4.78 is 5.38. The summed E-state index contributed by atoms with van der Waals surface area (Å²) in [6.07, 6.45) is 2.90. The zero-order valence-corrected chi connectivity index (χ0v) is 17.6. The number of nitrogens with one attached hydrogen (secondary N) is 1. The Balaban J connectivity index is 2.07. The van der Waals surface area contributed by atoms with Gasteiger partial charge in [0.25, 0.3) is 5.91 Å². The smallest absolute Gasteiger partial charge is 0.342 e. The molecule has 28 heavy (non-hydrogen) atoms. The van der Waals surface area contributed by atoms with Gasteiger partial charge < -0.3 is 9.64 Å². The van der Waals surface area contributed by atoms with Crippen molar-refractivity contribution in [3.8, 4) is 0 Å². The van der Waals surface area contributed by atoms with E-state index in [1.807, 2.05) is 13.8 Å². The summed E-state index contributed by atoms with van der Waals surface area (Å²) in [5.41, 5.74) is 1.57. The van der Waals surface area contributed by atoms with Gasteiger partial charge in [-0.3, -0.25) is 9.89 Å². The maximum atomic E-state index is 13.2. The van der Waals surface area contributed by atoms with Crippen molar-refractivity contribution in [3.05, 3.63) is 57.5 Å². The van der Waals surface area contributed by atoms with Crippen LogP contribution in [0.5, 0.6) is 0 Å². The number of nitrogens with zero attached hydrogens (tertiary/aromatic N) is 2. The summed E-state index contributed by atoms with van der Waals surface area (Å²) in [6.45, 7) is 7.86. The normalized spacial score (nSPS) is 15.7. The minimum Gasteiger partial charge on any atom is -0.459 e. The lowest BCUT2D eigenvalue weighted by Gasteiger charge is -2.28. The number of halogens is 2. The molecule has 0 saturated heterocycles. The molecule has 1 aliphatic rings. The lowest BCUT2D eigenvalue weighted by molar-refractivity contribution is -0.140. The molecule has 0 bridgehead atoms. The number of carbonyl (C=O) groups excluding carboxylic acids is 2. The average molecular weight is 422 g/mol. The Bertz CT molecular complexity index is 963. The van der Waals surface area contributed by atoms with Crippen LogP contribution < -0.4 is 0 Å². The number of hydrogen-bond acceptors (Lipinski definition) is 4. The average Bonchev–Trinajstić information content (AvgIpc) is 3.06. The van der Waals surface area contributed by atoms with Crippen LogP contribution in [0.4, 0.5) is 0 Å². The fraction of sp³-hybridized carbons (Fsp3) is 0.350. The van der Waals surface area contributed by atoms with Crippen LogP contribution in [-0.4, -0.2) is 39.6 Å². The Hall–Kier alpha value is -2.31. The number of carbonyl (C=O) groups is 2. The fourth-order valence-electron chi connectivity index (χ4n) is 3.14. The van der Waals surface area contributed by atoms with Gasteiger partial charge in [-0.25, -0.2) is 4.79 Å². The van der Waals surface area contributed by atoms with Crippen molar-refractivity contribution < 1.29 is 14.3 Å². The molecule has 148 valence electrons. The Morgan fingerprint density at radius 3 is 2.61 bits per heavy atom. The molecule has 0 spiro atoms.